The molecule has 0 atom stereocenters. The second kappa shape index (κ2) is 9.70. The molecule has 1 aromatic carbocycles. The van der Waals surface area contributed by atoms with Gasteiger partial charge in [-0.15, -0.1) is 23.5 Å². The third-order valence-electron chi connectivity index (χ3n) is 3.79. The lowest BCUT2D eigenvalue weighted by Gasteiger charge is -2.14. The quantitative estimate of drug-likeness (QED) is 0.127. The van der Waals surface area contributed by atoms with E-state index in [4.69, 9.17) is 16.3 Å². The Morgan fingerprint density at radius 3 is 2.56 bits per heavy atom. The first-order valence-corrected chi connectivity index (χ1v) is 11.0. The van der Waals surface area contributed by atoms with Gasteiger partial charge in [-0.05, 0) is 50.3 Å². The highest BCUT2D eigenvalue weighted by Gasteiger charge is 2.35. The van der Waals surface area contributed by atoms with E-state index in [2.05, 4.69) is 6.92 Å². The Bertz CT molecular complexity index is 681. The SMILES string of the molecule is CCCSc1c(Cl)ccc(C(=O)C(=COCC)C(=O)C2CC2)c1SC. The number of allylic oxidation sites excluding steroid dienone is 1. The number of hydrogen-bond donors (Lipinski definition) is 0. The normalized spacial score (nSPS) is 14.5. The minimum atomic E-state index is -0.273. The molecule has 1 fully saturated rings. The second-order valence-electron chi connectivity index (χ2n) is 5.76. The number of benzene rings is 1. The molecule has 1 aromatic rings. The molecule has 6 heteroatoms. The Kier molecular flexibility index (Phi) is 7.91. The fraction of sp³-hybridized carbons (Fsp3) is 0.474. The van der Waals surface area contributed by atoms with Gasteiger partial charge in [0, 0.05) is 21.3 Å². The van der Waals surface area contributed by atoms with Crippen molar-refractivity contribution in [3.63, 3.8) is 0 Å². The van der Waals surface area contributed by atoms with Gasteiger partial charge in [-0.3, -0.25) is 9.59 Å². The number of ketones is 2. The average Bonchev–Trinajstić information content (AvgIpc) is 3.45. The van der Waals surface area contributed by atoms with Crippen molar-refractivity contribution in [2.75, 3.05) is 18.6 Å². The van der Waals surface area contributed by atoms with E-state index in [1.165, 1.54) is 18.0 Å². The number of hydrogen-bond acceptors (Lipinski definition) is 5. The molecule has 0 heterocycles. The summed E-state index contributed by atoms with van der Waals surface area (Å²) in [6.45, 7) is 4.35. The highest BCUT2D eigenvalue weighted by molar-refractivity contribution is 8.02. The van der Waals surface area contributed by atoms with E-state index in [9.17, 15) is 9.59 Å². The van der Waals surface area contributed by atoms with Crippen molar-refractivity contribution >= 4 is 46.7 Å². The number of carbonyl (C=O) groups excluding carboxylic acids is 2. The van der Waals surface area contributed by atoms with Crippen molar-refractivity contribution in [1.82, 2.24) is 0 Å². The average molecular weight is 399 g/mol. The molecule has 25 heavy (non-hydrogen) atoms. The molecule has 0 aliphatic heterocycles. The third kappa shape index (κ3) is 5.05. The van der Waals surface area contributed by atoms with Gasteiger partial charge in [-0.25, -0.2) is 0 Å². The zero-order valence-corrected chi connectivity index (χ0v) is 17.2. The molecule has 0 bridgehead atoms. The van der Waals surface area contributed by atoms with E-state index in [-0.39, 0.29) is 23.1 Å². The lowest BCUT2D eigenvalue weighted by molar-refractivity contribution is -0.116. The number of thioether (sulfide) groups is 2. The lowest BCUT2D eigenvalue weighted by atomic mass is 9.98. The predicted octanol–water partition coefficient (Wildman–Crippen LogP) is 5.65. The predicted molar refractivity (Wildman–Crippen MR) is 106 cm³/mol. The van der Waals surface area contributed by atoms with Gasteiger partial charge < -0.3 is 4.74 Å². The first-order valence-electron chi connectivity index (χ1n) is 8.45. The number of ether oxygens (including phenoxy) is 1. The summed E-state index contributed by atoms with van der Waals surface area (Å²) < 4.78 is 5.29. The van der Waals surface area contributed by atoms with Crippen LogP contribution in [-0.4, -0.2) is 30.2 Å². The Morgan fingerprint density at radius 2 is 2.00 bits per heavy atom. The highest BCUT2D eigenvalue weighted by atomic mass is 35.5. The van der Waals surface area contributed by atoms with E-state index in [1.807, 2.05) is 13.2 Å². The van der Waals surface area contributed by atoms with Gasteiger partial charge in [-0.1, -0.05) is 18.5 Å². The summed E-state index contributed by atoms with van der Waals surface area (Å²) >= 11 is 9.49. The van der Waals surface area contributed by atoms with Crippen molar-refractivity contribution in [1.29, 1.82) is 0 Å². The summed E-state index contributed by atoms with van der Waals surface area (Å²) in [5.41, 5.74) is 0.670. The maximum Gasteiger partial charge on any atom is 0.200 e. The van der Waals surface area contributed by atoms with Crippen LogP contribution in [0.15, 0.2) is 33.8 Å². The van der Waals surface area contributed by atoms with Crippen LogP contribution < -0.4 is 0 Å². The molecule has 0 amide bonds. The van der Waals surface area contributed by atoms with E-state index in [0.29, 0.717) is 17.2 Å². The largest absolute Gasteiger partial charge is 0.501 e. The first kappa shape index (κ1) is 20.4. The maximum atomic E-state index is 13.1. The topological polar surface area (TPSA) is 43.4 Å². The maximum absolute atomic E-state index is 13.1. The molecule has 136 valence electrons. The summed E-state index contributed by atoms with van der Waals surface area (Å²) in [4.78, 5) is 27.4. The van der Waals surface area contributed by atoms with Crippen LogP contribution in [0.1, 0.15) is 43.5 Å². The van der Waals surface area contributed by atoms with Crippen LogP contribution in [-0.2, 0) is 9.53 Å². The zero-order chi connectivity index (χ0) is 18.4. The Balaban J connectivity index is 2.43. The third-order valence-corrected chi connectivity index (χ3v) is 6.50. The van der Waals surface area contributed by atoms with Crippen LogP contribution in [0.5, 0.6) is 0 Å². The Morgan fingerprint density at radius 1 is 1.28 bits per heavy atom. The van der Waals surface area contributed by atoms with E-state index < -0.39 is 0 Å². The fourth-order valence-corrected chi connectivity index (χ4v) is 4.69. The lowest BCUT2D eigenvalue weighted by Crippen LogP contribution is -2.16. The monoisotopic (exact) mass is 398 g/mol. The molecule has 0 N–H and O–H groups in total. The molecule has 1 saturated carbocycles. The van der Waals surface area contributed by atoms with Crippen LogP contribution in [0.4, 0.5) is 0 Å². The molecular weight excluding hydrogens is 376 g/mol. The molecule has 1 aliphatic rings. The molecule has 3 nitrogen and oxygen atoms in total. The standard InChI is InChI=1S/C19H23ClO3S2/c1-4-10-25-19-15(20)9-8-13(18(19)24-3)17(22)14(11-23-5-2)16(21)12-6-7-12/h8-9,11-12H,4-7,10H2,1-3H3. The van der Waals surface area contributed by atoms with Gasteiger partial charge >= 0.3 is 0 Å². The van der Waals surface area contributed by atoms with Crippen molar-refractivity contribution in [2.45, 2.75) is 42.9 Å². The Labute approximate surface area is 162 Å². The van der Waals surface area contributed by atoms with Crippen molar-refractivity contribution in [3.8, 4) is 0 Å². The number of halogens is 1. The molecule has 0 radical (unpaired) electrons. The van der Waals surface area contributed by atoms with Gasteiger partial charge in [0.05, 0.1) is 17.9 Å². The van der Waals surface area contributed by atoms with E-state index >= 15 is 0 Å². The van der Waals surface area contributed by atoms with Crippen LogP contribution in [0, 0.1) is 5.92 Å². The van der Waals surface area contributed by atoms with Crippen LogP contribution in [0.3, 0.4) is 0 Å². The first-order chi connectivity index (χ1) is 12.0. The summed E-state index contributed by atoms with van der Waals surface area (Å²) in [5.74, 6) is 0.510. The van der Waals surface area contributed by atoms with Crippen LogP contribution >= 0.6 is 35.1 Å². The van der Waals surface area contributed by atoms with Gasteiger partial charge in [0.1, 0.15) is 5.57 Å². The van der Waals surface area contributed by atoms with E-state index in [0.717, 1.165) is 34.8 Å². The van der Waals surface area contributed by atoms with Crippen molar-refractivity contribution < 1.29 is 14.3 Å². The highest BCUT2D eigenvalue weighted by Crippen LogP contribution is 2.40. The fourth-order valence-electron chi connectivity index (χ4n) is 2.36. The van der Waals surface area contributed by atoms with E-state index in [1.54, 1.807) is 23.9 Å². The molecule has 1 aliphatic carbocycles. The summed E-state index contributed by atoms with van der Waals surface area (Å²) in [6.07, 6.45) is 5.97. The zero-order valence-electron chi connectivity index (χ0n) is 14.8. The van der Waals surface area contributed by atoms with Gasteiger partial charge in [0.2, 0.25) is 5.78 Å². The van der Waals surface area contributed by atoms with Crippen molar-refractivity contribution in [3.05, 3.63) is 34.6 Å². The van der Waals surface area contributed by atoms with Gasteiger partial charge in [0.25, 0.3) is 0 Å². The number of carbonyl (C=O) groups is 2. The molecule has 0 spiro atoms. The second-order valence-corrected chi connectivity index (χ2v) is 8.09. The number of Topliss-reactive ketones (excluding diaryl/α,β-unsaturated/α-hetero) is 2. The number of rotatable bonds is 10. The molecule has 0 saturated heterocycles. The summed E-state index contributed by atoms with van der Waals surface area (Å²) in [6, 6.07) is 3.46. The Hall–Kier alpha value is -0.910. The molecule has 0 unspecified atom stereocenters. The van der Waals surface area contributed by atoms with Gasteiger partial charge in [0.15, 0.2) is 5.78 Å². The smallest absolute Gasteiger partial charge is 0.200 e. The van der Waals surface area contributed by atoms with Crippen molar-refractivity contribution in [2.24, 2.45) is 5.92 Å². The molecule has 0 aromatic heterocycles. The minimum Gasteiger partial charge on any atom is -0.501 e. The molecule has 2 rings (SSSR count). The molecular formula is C19H23ClO3S2. The van der Waals surface area contributed by atoms with Gasteiger partial charge in [-0.2, -0.15) is 0 Å². The minimum absolute atomic E-state index is 0.0328. The van der Waals surface area contributed by atoms with Crippen LogP contribution in [0.25, 0.3) is 0 Å². The van der Waals surface area contributed by atoms with Crippen LogP contribution in [0.2, 0.25) is 5.02 Å². The summed E-state index contributed by atoms with van der Waals surface area (Å²) in [5, 5.41) is 0.642. The summed E-state index contributed by atoms with van der Waals surface area (Å²) in [7, 11) is 0.